The van der Waals surface area contributed by atoms with E-state index in [9.17, 15) is 0 Å². The second-order valence-electron chi connectivity index (χ2n) is 18.1. The Hall–Kier alpha value is -2.44. The molecule has 1 aliphatic rings. The van der Waals surface area contributed by atoms with E-state index in [1.807, 2.05) is 30.3 Å². The molecule has 0 bridgehead atoms. The molecule has 0 heterocycles. The second kappa shape index (κ2) is 17.8. The zero-order valence-electron chi connectivity index (χ0n) is 34.2. The minimum Gasteiger partial charge on any atom is -1.00 e. The molecule has 0 saturated carbocycles. The van der Waals surface area contributed by atoms with Gasteiger partial charge in [-0.3, -0.25) is 0 Å². The Morgan fingerprint density at radius 2 is 0.981 bits per heavy atom. The van der Waals surface area contributed by atoms with Crippen molar-refractivity contribution < 1.29 is 49.0 Å². The molecule has 0 fully saturated rings. The van der Waals surface area contributed by atoms with Crippen molar-refractivity contribution in [2.24, 2.45) is 0 Å². The number of aryl methyl sites for hydroxylation is 2. The summed E-state index contributed by atoms with van der Waals surface area (Å²) in [5, 5.41) is 0. The van der Waals surface area contributed by atoms with Crippen LogP contribution >= 0.6 is 0 Å². The summed E-state index contributed by atoms with van der Waals surface area (Å²) in [4.78, 5) is 0. The van der Waals surface area contributed by atoms with Crippen molar-refractivity contribution in [1.82, 2.24) is 0 Å². The van der Waals surface area contributed by atoms with E-state index in [1.54, 1.807) is 0 Å². The van der Waals surface area contributed by atoms with E-state index in [0.29, 0.717) is 0 Å². The van der Waals surface area contributed by atoms with Crippen LogP contribution in [0.1, 0.15) is 139 Å². The van der Waals surface area contributed by atoms with Crippen LogP contribution in [0.2, 0.25) is 0 Å². The summed E-state index contributed by atoms with van der Waals surface area (Å²) in [6.07, 6.45) is 1.03. The van der Waals surface area contributed by atoms with Crippen LogP contribution in [0.4, 0.5) is 0 Å². The fraction of sp³-hybridized carbons (Fsp3) is 0.388. The zero-order chi connectivity index (χ0) is 37.2. The average Bonchev–Trinajstić information content (AvgIpc) is 3.70. The van der Waals surface area contributed by atoms with Crippen LogP contribution in [0.3, 0.4) is 0 Å². The third-order valence-corrected chi connectivity index (χ3v) is 11.0. The Morgan fingerprint density at radius 3 is 1.38 bits per heavy atom. The average molecular weight is 811 g/mol. The minimum absolute atomic E-state index is 0. The molecule has 5 aromatic rings. The van der Waals surface area contributed by atoms with Gasteiger partial charge < -0.3 is 24.8 Å². The van der Waals surface area contributed by atoms with Crippen molar-refractivity contribution in [3.63, 3.8) is 0 Å². The molecule has 0 nitrogen and oxygen atoms in total. The van der Waals surface area contributed by atoms with Gasteiger partial charge in [-0.25, -0.2) is 12.1 Å². The van der Waals surface area contributed by atoms with Crippen LogP contribution in [-0.4, -0.2) is 3.21 Å². The van der Waals surface area contributed by atoms with E-state index >= 15 is 0 Å². The molecule has 0 spiro atoms. The molecule has 0 radical (unpaired) electrons. The molecule has 3 heteroatoms. The van der Waals surface area contributed by atoms with Crippen LogP contribution in [0.25, 0.3) is 11.1 Å². The molecule has 0 aliphatic heterocycles. The molecule has 1 aliphatic carbocycles. The molecule has 0 amide bonds. The van der Waals surface area contributed by atoms with Crippen LogP contribution in [0.5, 0.6) is 0 Å². The van der Waals surface area contributed by atoms with Gasteiger partial charge in [0.1, 0.15) is 0 Å². The van der Waals surface area contributed by atoms with Crippen molar-refractivity contribution >= 4 is 3.21 Å². The van der Waals surface area contributed by atoms with E-state index in [1.165, 1.54) is 94.2 Å². The van der Waals surface area contributed by atoms with Gasteiger partial charge in [0.2, 0.25) is 0 Å². The number of fused-ring (bicyclic) bond motifs is 3. The van der Waals surface area contributed by atoms with Crippen molar-refractivity contribution in [3.8, 4) is 11.1 Å². The first kappa shape index (κ1) is 45.7. The molecule has 0 atom stereocenters. The standard InChI is InChI=1S/C23H29.C21H26.C5H5.2ClH.Zr/c1-14-9-16-11-17-10-15(2)21(23(6,7)8)13-19(17)18(16)12-20(14)22(3,4)5;1-20(2,3)18-13-9-7-11-16(18)15-17-12-8-10-14-19(17)21(4,5)6;1-2-4-5-3-1;;;/h9,12-13H,11H2,1-8H3;7-14H,1-6H3;1-5H;2*1H;/q-1;;-1;;;+2/p-2. The number of rotatable bonds is 2. The fourth-order valence-corrected chi connectivity index (χ4v) is 8.27. The van der Waals surface area contributed by atoms with Gasteiger partial charge in [-0.15, -0.1) is 16.7 Å². The predicted octanol–water partition coefficient (Wildman–Crippen LogP) is 7.08. The summed E-state index contributed by atoms with van der Waals surface area (Å²) < 4.78 is 1.46. The van der Waals surface area contributed by atoms with Gasteiger partial charge in [0, 0.05) is 0 Å². The first-order chi connectivity index (χ1) is 23.1. The summed E-state index contributed by atoms with van der Waals surface area (Å²) in [5.74, 6) is 0. The van der Waals surface area contributed by atoms with Crippen molar-refractivity contribution in [3.05, 3.63) is 159 Å². The van der Waals surface area contributed by atoms with Crippen molar-refractivity contribution in [2.45, 2.75) is 125 Å². The summed E-state index contributed by atoms with van der Waals surface area (Å²) >= 11 is 1.47. The van der Waals surface area contributed by atoms with Crippen LogP contribution in [0.15, 0.2) is 97.1 Å². The summed E-state index contributed by atoms with van der Waals surface area (Å²) in [5.41, 5.74) is 17.6. The normalized spacial score (nSPS) is 12.2. The first-order valence-corrected chi connectivity index (χ1v) is 19.5. The maximum absolute atomic E-state index is 3.69. The van der Waals surface area contributed by atoms with Gasteiger partial charge in [-0.2, -0.15) is 35.9 Å². The third kappa shape index (κ3) is 11.1. The third-order valence-electron chi connectivity index (χ3n) is 9.64. The maximum Gasteiger partial charge on any atom is -0.0129 e. The van der Waals surface area contributed by atoms with Gasteiger partial charge in [0.05, 0.1) is 0 Å². The molecule has 276 valence electrons. The molecular formula is C49H60Cl2Zr-2. The molecule has 0 unspecified atom stereocenters. The molecule has 0 saturated heterocycles. The molecular weight excluding hydrogens is 751 g/mol. The number of hydrogen-bond acceptors (Lipinski definition) is 0. The summed E-state index contributed by atoms with van der Waals surface area (Å²) in [6, 6.07) is 38.7. The van der Waals surface area contributed by atoms with Crippen LogP contribution in [0, 0.1) is 19.9 Å². The molecule has 5 aromatic carbocycles. The predicted molar refractivity (Wildman–Crippen MR) is 216 cm³/mol. The van der Waals surface area contributed by atoms with E-state index in [0.717, 1.165) is 6.42 Å². The van der Waals surface area contributed by atoms with Crippen molar-refractivity contribution in [1.29, 1.82) is 0 Å². The molecule has 52 heavy (non-hydrogen) atoms. The van der Waals surface area contributed by atoms with Gasteiger partial charge in [-0.1, -0.05) is 71.6 Å². The topological polar surface area (TPSA) is 0 Å². The van der Waals surface area contributed by atoms with Gasteiger partial charge in [0.25, 0.3) is 0 Å². The van der Waals surface area contributed by atoms with Crippen LogP contribution < -0.4 is 24.8 Å². The minimum atomic E-state index is 0. The summed E-state index contributed by atoms with van der Waals surface area (Å²) in [6.45, 7) is 32.0. The second-order valence-corrected chi connectivity index (χ2v) is 19.4. The number of hydrogen-bond donors (Lipinski definition) is 0. The molecule has 0 aromatic heterocycles. The Bertz CT molecular complexity index is 1790. The van der Waals surface area contributed by atoms with Gasteiger partial charge in [0.15, 0.2) is 0 Å². The number of halogens is 2. The van der Waals surface area contributed by atoms with Gasteiger partial charge in [-0.05, 0) is 35.4 Å². The quantitative estimate of drug-likeness (QED) is 0.164. The molecule has 6 rings (SSSR count). The Balaban J connectivity index is 0.000000307. The Morgan fingerprint density at radius 1 is 0.558 bits per heavy atom. The maximum atomic E-state index is 3.69. The fourth-order valence-electron chi connectivity index (χ4n) is 7.20. The first-order valence-electron chi connectivity index (χ1n) is 18.3. The van der Waals surface area contributed by atoms with E-state index in [2.05, 4.69) is 170 Å². The smallest absolute Gasteiger partial charge is 0.0129 e. The Labute approximate surface area is 344 Å². The largest absolute Gasteiger partial charge is 1.00 e. The van der Waals surface area contributed by atoms with Crippen molar-refractivity contribution in [2.75, 3.05) is 0 Å². The van der Waals surface area contributed by atoms with Crippen LogP contribution in [-0.2, 0) is 52.3 Å². The van der Waals surface area contributed by atoms with Gasteiger partial charge >= 0.3 is 151 Å². The van der Waals surface area contributed by atoms with E-state index < -0.39 is 0 Å². The zero-order valence-corrected chi connectivity index (χ0v) is 38.2. The monoisotopic (exact) mass is 808 g/mol. The Kier molecular flexibility index (Phi) is 15.6. The number of benzene rings is 4. The van der Waals surface area contributed by atoms with E-state index in [4.69, 9.17) is 0 Å². The molecule has 0 N–H and O–H groups in total. The van der Waals surface area contributed by atoms with E-state index in [-0.39, 0.29) is 46.5 Å². The summed E-state index contributed by atoms with van der Waals surface area (Å²) in [7, 11) is 0. The SMILES string of the molecule is CC(C)(C)c1ccccc1[C](=[Zr+2])c1ccccc1C(C)(C)C.Cc1[c-]c2c(cc1C(C)(C)C)-c1cc(C(C)(C)C)c(C)cc1C2.[Cl-].[Cl-].c1cc[cH-]c1.